The smallest absolute Gasteiger partial charge is 0.404 e. The van der Waals surface area contributed by atoms with Crippen LogP contribution in [0.2, 0.25) is 0 Å². The van der Waals surface area contributed by atoms with Crippen LogP contribution in [0.4, 0.5) is 9.59 Å². The highest BCUT2D eigenvalue weighted by Gasteiger charge is 2.42. The summed E-state index contributed by atoms with van der Waals surface area (Å²) in [7, 11) is 0. The molecule has 0 radical (unpaired) electrons. The number of carbonyl (C=O) groups excluding carboxylic acids is 3. The Morgan fingerprint density at radius 1 is 0.606 bits per heavy atom. The van der Waals surface area contributed by atoms with Crippen LogP contribution < -0.4 is 26.6 Å². The fraction of sp³-hybridized carbons (Fsp3) is 0.854. The number of rotatable bonds is 46. The molecule has 0 aromatic carbocycles. The Hall–Kier alpha value is -3.47. The summed E-state index contributed by atoms with van der Waals surface area (Å²) in [6.45, 7) is 10.5. The zero-order valence-corrected chi connectivity index (χ0v) is 39.1. The van der Waals surface area contributed by atoms with Crippen LogP contribution >= 0.6 is 11.8 Å². The van der Waals surface area contributed by atoms with E-state index in [1.54, 1.807) is 4.68 Å². The second kappa shape index (κ2) is 39.5. The number of nitrogens with one attached hydrogen (secondary N) is 5. The molecule has 2 fully saturated rings. The Balaban J connectivity index is 0.941. The van der Waals surface area contributed by atoms with Crippen LogP contribution in [0, 0.1) is 0 Å². The molecule has 1 aromatic rings. The molecule has 380 valence electrons. The minimum atomic E-state index is -1.07. The second-order valence-corrected chi connectivity index (χ2v) is 16.0. The molecule has 0 unspecified atom stereocenters. The van der Waals surface area contributed by atoms with Crippen molar-refractivity contribution in [2.24, 2.45) is 0 Å². The number of amides is 5. The van der Waals surface area contributed by atoms with Crippen molar-refractivity contribution in [2.45, 2.75) is 62.6 Å². The van der Waals surface area contributed by atoms with Crippen LogP contribution in [0.1, 0.15) is 37.8 Å². The number of hydrogen-bond acceptors (Lipinski definition) is 18. The predicted octanol–water partition coefficient (Wildman–Crippen LogP) is -0.423. The molecule has 6 N–H and O–H groups in total. The first-order chi connectivity index (χ1) is 32.4. The van der Waals surface area contributed by atoms with Crippen molar-refractivity contribution < 1.29 is 76.4 Å². The van der Waals surface area contributed by atoms with E-state index < -0.39 is 6.09 Å². The van der Waals surface area contributed by atoms with E-state index in [1.807, 2.05) is 18.0 Å². The first-order valence-corrected chi connectivity index (χ1v) is 23.9. The number of urea groups is 1. The second-order valence-electron chi connectivity index (χ2n) is 14.7. The average molecular weight is 967 g/mol. The van der Waals surface area contributed by atoms with Gasteiger partial charge in [0.05, 0.1) is 170 Å². The van der Waals surface area contributed by atoms with Crippen molar-refractivity contribution >= 4 is 35.7 Å². The van der Waals surface area contributed by atoms with Crippen LogP contribution in [0.3, 0.4) is 0 Å². The standard InChI is InChI=1S/C41H74N8O16S/c50-37(4-2-1-3-36-39-35(33-66-36)45-40(52)46-39)42-6-11-56-14-9-49-31-34(47-48-49)32-65-30-29-64-28-27-63-24-21-59-18-15-55-10-5-38(51)43-7-12-57-16-19-60-22-25-62-26-23-61-20-17-58-13-8-44-41(53)54/h31,35-36,39,44H,1-30,32-33H2,(H,42,50)(H,43,51)(H,53,54)(H2,45,46,52)/t35-,36-,39-/m0/s1. The number of carbonyl (C=O) groups is 4. The van der Waals surface area contributed by atoms with E-state index in [0.29, 0.717) is 182 Å². The Kier molecular flexibility index (Phi) is 34.0. The van der Waals surface area contributed by atoms with Gasteiger partial charge in [-0.05, 0) is 12.8 Å². The molecule has 3 heterocycles. The van der Waals surface area contributed by atoms with Gasteiger partial charge in [-0.3, -0.25) is 9.59 Å². The number of unbranched alkanes of at least 4 members (excludes halogenated alkanes) is 1. The molecule has 24 nitrogen and oxygen atoms in total. The maximum Gasteiger partial charge on any atom is 0.404 e. The Bertz CT molecular complexity index is 1410. The van der Waals surface area contributed by atoms with Crippen molar-refractivity contribution in [3.8, 4) is 0 Å². The van der Waals surface area contributed by atoms with Gasteiger partial charge in [-0.25, -0.2) is 14.3 Å². The molecule has 2 aliphatic rings. The highest BCUT2D eigenvalue weighted by Crippen LogP contribution is 2.33. The number of thioether (sulfide) groups is 1. The SMILES string of the molecule is O=C(O)NCCOCCOCCOCCOCCOCCNC(=O)CCOCCOCCOCCOCCOCc1cn(CCOCCNC(=O)CCCC[C@@H]2SC[C@@H]3NC(=O)N[C@@H]32)nn1. The molecule has 25 heteroatoms. The highest BCUT2D eigenvalue weighted by atomic mass is 32.2. The number of aromatic nitrogens is 3. The Labute approximate surface area is 391 Å². The molecule has 2 aliphatic heterocycles. The van der Waals surface area contributed by atoms with Gasteiger partial charge in [0.1, 0.15) is 5.69 Å². The van der Waals surface area contributed by atoms with Crippen molar-refractivity contribution in [1.82, 2.24) is 41.6 Å². The molecule has 5 amide bonds. The maximum atomic E-state index is 12.1. The van der Waals surface area contributed by atoms with Crippen LogP contribution in [0.5, 0.6) is 0 Å². The van der Waals surface area contributed by atoms with Gasteiger partial charge in [0, 0.05) is 43.5 Å². The fourth-order valence-corrected chi connectivity index (χ4v) is 7.73. The molecule has 3 atom stereocenters. The first-order valence-electron chi connectivity index (χ1n) is 22.8. The molecule has 3 rings (SSSR count). The van der Waals surface area contributed by atoms with Crippen molar-refractivity contribution in [1.29, 1.82) is 0 Å². The average Bonchev–Trinajstić information content (AvgIpc) is 4.03. The minimum Gasteiger partial charge on any atom is -0.465 e. The van der Waals surface area contributed by atoms with E-state index in [2.05, 4.69) is 36.9 Å². The molecule has 0 aliphatic carbocycles. The number of ether oxygens (including phenoxy) is 11. The summed E-state index contributed by atoms with van der Waals surface area (Å²) in [5.74, 6) is 0.857. The van der Waals surface area contributed by atoms with Gasteiger partial charge in [-0.15, -0.1) is 5.10 Å². The van der Waals surface area contributed by atoms with Gasteiger partial charge < -0.3 is 83.8 Å². The van der Waals surface area contributed by atoms with Crippen LogP contribution in [-0.4, -0.2) is 226 Å². The third kappa shape index (κ3) is 30.7. The number of nitrogens with zero attached hydrogens (tertiary/aromatic N) is 3. The largest absolute Gasteiger partial charge is 0.465 e. The summed E-state index contributed by atoms with van der Waals surface area (Å²) < 4.78 is 61.8. The zero-order valence-electron chi connectivity index (χ0n) is 38.3. The quantitative estimate of drug-likeness (QED) is 0.0357. The first kappa shape index (κ1) is 56.9. The molecule has 2 saturated heterocycles. The highest BCUT2D eigenvalue weighted by molar-refractivity contribution is 8.00. The monoisotopic (exact) mass is 966 g/mol. The van der Waals surface area contributed by atoms with E-state index >= 15 is 0 Å². The van der Waals surface area contributed by atoms with Gasteiger partial charge >= 0.3 is 12.1 Å². The van der Waals surface area contributed by atoms with Gasteiger partial charge in [0.15, 0.2) is 0 Å². The molecule has 0 saturated carbocycles. The topological polar surface area (TPSA) is 281 Å². The van der Waals surface area contributed by atoms with E-state index in [9.17, 15) is 19.2 Å². The van der Waals surface area contributed by atoms with Crippen molar-refractivity contribution in [3.05, 3.63) is 11.9 Å². The van der Waals surface area contributed by atoms with E-state index in [4.69, 9.17) is 57.2 Å². The van der Waals surface area contributed by atoms with Gasteiger partial charge in [0.25, 0.3) is 0 Å². The summed E-state index contributed by atoms with van der Waals surface area (Å²) in [6, 6.07) is 0.367. The lowest BCUT2D eigenvalue weighted by Crippen LogP contribution is -2.36. The molecule has 66 heavy (non-hydrogen) atoms. The van der Waals surface area contributed by atoms with Gasteiger partial charge in [-0.1, -0.05) is 11.6 Å². The summed E-state index contributed by atoms with van der Waals surface area (Å²) in [4.78, 5) is 45.9. The zero-order chi connectivity index (χ0) is 47.0. The third-order valence-electron chi connectivity index (χ3n) is 9.49. The van der Waals surface area contributed by atoms with E-state index in [-0.39, 0.29) is 42.9 Å². The van der Waals surface area contributed by atoms with Gasteiger partial charge in [-0.2, -0.15) is 11.8 Å². The normalized spacial score (nSPS) is 16.5. The van der Waals surface area contributed by atoms with Crippen LogP contribution in [0.15, 0.2) is 6.20 Å². The van der Waals surface area contributed by atoms with Crippen molar-refractivity contribution in [2.75, 3.05) is 164 Å². The van der Waals surface area contributed by atoms with Crippen LogP contribution in [-0.2, 0) is 74.8 Å². The summed E-state index contributed by atoms with van der Waals surface area (Å²) in [6.07, 6.45) is 4.25. The summed E-state index contributed by atoms with van der Waals surface area (Å²) in [5, 5.41) is 30.9. The summed E-state index contributed by atoms with van der Waals surface area (Å²) in [5.41, 5.74) is 0.710. The summed E-state index contributed by atoms with van der Waals surface area (Å²) >= 11 is 1.89. The lowest BCUT2D eigenvalue weighted by molar-refractivity contribution is -0.123. The molecular formula is C41H74N8O16S. The van der Waals surface area contributed by atoms with Crippen LogP contribution in [0.25, 0.3) is 0 Å². The Morgan fingerprint density at radius 3 is 1.62 bits per heavy atom. The molecule has 0 spiro atoms. The lowest BCUT2D eigenvalue weighted by Gasteiger charge is -2.16. The molecular weight excluding hydrogens is 893 g/mol. The number of carboxylic acid groups (broad SMARTS) is 1. The molecule has 1 aromatic heterocycles. The number of fused-ring (bicyclic) bond motifs is 1. The maximum absolute atomic E-state index is 12.1. The van der Waals surface area contributed by atoms with E-state index in [0.717, 1.165) is 25.0 Å². The van der Waals surface area contributed by atoms with Gasteiger partial charge in [0.2, 0.25) is 11.8 Å². The number of hydrogen-bond donors (Lipinski definition) is 6. The molecule has 0 bridgehead atoms. The predicted molar refractivity (Wildman–Crippen MR) is 238 cm³/mol. The van der Waals surface area contributed by atoms with Crippen molar-refractivity contribution in [3.63, 3.8) is 0 Å². The Morgan fingerprint density at radius 2 is 1.08 bits per heavy atom. The van der Waals surface area contributed by atoms with E-state index in [1.165, 1.54) is 0 Å². The fourth-order valence-electron chi connectivity index (χ4n) is 6.18. The third-order valence-corrected chi connectivity index (χ3v) is 11.0. The lowest BCUT2D eigenvalue weighted by atomic mass is 10.0. The minimum absolute atomic E-state index is 0.0254.